The van der Waals surface area contributed by atoms with Gasteiger partial charge in [-0.05, 0) is 0 Å². The number of benzene rings is 1. The number of rotatable bonds is 2. The summed E-state index contributed by atoms with van der Waals surface area (Å²) in [6.07, 6.45) is 5.96. The Balaban J connectivity index is 1.97. The third kappa shape index (κ3) is 2.42. The van der Waals surface area contributed by atoms with Gasteiger partial charge < -0.3 is 0 Å². The summed E-state index contributed by atoms with van der Waals surface area (Å²) in [4.78, 5) is 16.4. The number of phenolic OH excluding ortho intramolecular Hbond substituents is 2. The van der Waals surface area contributed by atoms with Crippen molar-refractivity contribution in [1.82, 2.24) is 9.80 Å². The summed E-state index contributed by atoms with van der Waals surface area (Å²) in [7, 11) is 1.82. The zero-order chi connectivity index (χ0) is 15.9. The van der Waals surface area contributed by atoms with Crippen LogP contribution in [-0.4, -0.2) is 59.3 Å². The van der Waals surface area contributed by atoms with E-state index in [2.05, 4.69) is 15.6 Å². The van der Waals surface area contributed by atoms with E-state index in [-0.39, 0.29) is 23.4 Å². The van der Waals surface area contributed by atoms with E-state index in [1.165, 1.54) is 6.07 Å². The first kappa shape index (κ1) is 15.1. The second-order valence-electron chi connectivity index (χ2n) is 5.70. The van der Waals surface area contributed by atoms with Gasteiger partial charge >= 0.3 is 137 Å². The van der Waals surface area contributed by atoms with Crippen molar-refractivity contribution in [2.75, 3.05) is 7.05 Å². The van der Waals surface area contributed by atoms with Crippen LogP contribution in [0.2, 0.25) is 0 Å². The third-order valence-corrected chi connectivity index (χ3v) is 5.31. The maximum atomic E-state index is 12.7. The molecule has 1 saturated carbocycles. The fraction of sp³-hybridized carbons (Fsp3) is 0.375. The molecule has 2 fully saturated rings. The van der Waals surface area contributed by atoms with Gasteiger partial charge in [-0.3, -0.25) is 0 Å². The van der Waals surface area contributed by atoms with Gasteiger partial charge in [0.2, 0.25) is 0 Å². The number of likely N-dealkylation sites (N-methyl/N-ethyl adjacent to an activating group) is 1. The molecule has 0 aromatic heterocycles. The molecule has 1 aromatic carbocycles. The minimum absolute atomic E-state index is 0.0640. The summed E-state index contributed by atoms with van der Waals surface area (Å²) in [6, 6.07) is 4.96. The van der Waals surface area contributed by atoms with Crippen LogP contribution in [0.1, 0.15) is 31.2 Å². The van der Waals surface area contributed by atoms with E-state index in [1.54, 1.807) is 23.1 Å². The van der Waals surface area contributed by atoms with Crippen molar-refractivity contribution in [2.24, 2.45) is 0 Å². The Labute approximate surface area is 137 Å². The molecule has 1 aromatic rings. The van der Waals surface area contributed by atoms with Crippen LogP contribution in [0.4, 0.5) is 0 Å². The third-order valence-electron chi connectivity index (χ3n) is 4.32. The standard InChI is InChI=1S/C16H18N2O3Se/c1-17-12(9-10-5-4-8-13(19)14(10)20)15(21)18(16(17)22)11-6-2-3-7-11/h4-5,8-9,11,19-20H,2-3,6-7H2,1H3. The van der Waals surface area contributed by atoms with Gasteiger partial charge in [-0.1, -0.05) is 0 Å². The van der Waals surface area contributed by atoms with Crippen molar-refractivity contribution in [3.05, 3.63) is 29.5 Å². The van der Waals surface area contributed by atoms with Gasteiger partial charge in [0, 0.05) is 0 Å². The molecule has 0 spiro atoms. The zero-order valence-corrected chi connectivity index (χ0v) is 14.0. The zero-order valence-electron chi connectivity index (χ0n) is 12.3. The number of carbonyl (C=O) groups is 1. The number of hydrogen-bond acceptors (Lipinski definition) is 4. The predicted octanol–water partition coefficient (Wildman–Crippen LogP) is 1.41. The van der Waals surface area contributed by atoms with Crippen molar-refractivity contribution in [1.29, 1.82) is 0 Å². The quantitative estimate of drug-likeness (QED) is 0.473. The van der Waals surface area contributed by atoms with E-state index >= 15 is 0 Å². The monoisotopic (exact) mass is 366 g/mol. The van der Waals surface area contributed by atoms with E-state index in [0.717, 1.165) is 30.3 Å². The van der Waals surface area contributed by atoms with Crippen LogP contribution in [0.3, 0.4) is 0 Å². The molecule has 1 aliphatic carbocycles. The number of hydrogen-bond donors (Lipinski definition) is 2. The van der Waals surface area contributed by atoms with Gasteiger partial charge in [0.05, 0.1) is 0 Å². The van der Waals surface area contributed by atoms with Gasteiger partial charge in [0.15, 0.2) is 0 Å². The second kappa shape index (κ2) is 5.78. The van der Waals surface area contributed by atoms with Gasteiger partial charge in [-0.15, -0.1) is 0 Å². The molecule has 1 aliphatic heterocycles. The van der Waals surface area contributed by atoms with E-state index in [0.29, 0.717) is 11.3 Å². The van der Waals surface area contributed by atoms with Crippen molar-refractivity contribution >= 4 is 32.2 Å². The van der Waals surface area contributed by atoms with Crippen molar-refractivity contribution in [3.63, 3.8) is 0 Å². The molecular formula is C16H18N2O3Se. The molecular weight excluding hydrogens is 347 g/mol. The van der Waals surface area contributed by atoms with E-state index < -0.39 is 0 Å². The fourth-order valence-corrected chi connectivity index (χ4v) is 3.77. The van der Waals surface area contributed by atoms with E-state index in [9.17, 15) is 15.0 Å². The van der Waals surface area contributed by atoms with Crippen LogP contribution >= 0.6 is 0 Å². The number of para-hydroxylation sites is 1. The van der Waals surface area contributed by atoms with Crippen molar-refractivity contribution in [3.8, 4) is 11.5 Å². The average Bonchev–Trinajstić information content (AvgIpc) is 3.07. The average molecular weight is 365 g/mol. The Bertz CT molecular complexity index is 665. The number of aromatic hydroxyl groups is 2. The molecule has 5 nitrogen and oxygen atoms in total. The van der Waals surface area contributed by atoms with Crippen LogP contribution in [0.15, 0.2) is 23.9 Å². The van der Waals surface area contributed by atoms with E-state index in [1.807, 2.05) is 11.9 Å². The SMILES string of the molecule is CN1C(=[Se])N(C2CCCC2)C(=O)C1=Cc1cccc(O)c1O. The molecule has 0 atom stereocenters. The molecule has 6 heteroatoms. The van der Waals surface area contributed by atoms with Crippen molar-refractivity contribution in [2.45, 2.75) is 31.7 Å². The number of nitrogens with zero attached hydrogens (tertiary/aromatic N) is 2. The summed E-state index contributed by atoms with van der Waals surface area (Å²) >= 11 is 2.98. The Morgan fingerprint density at radius 2 is 1.95 bits per heavy atom. The molecule has 3 rings (SSSR count). The second-order valence-corrected chi connectivity index (χ2v) is 6.47. The first-order chi connectivity index (χ1) is 10.5. The predicted molar refractivity (Wildman–Crippen MR) is 85.4 cm³/mol. The summed E-state index contributed by atoms with van der Waals surface area (Å²) < 4.78 is 0.794. The number of carbonyl (C=O) groups excluding carboxylic acids is 1. The van der Waals surface area contributed by atoms with Gasteiger partial charge in [-0.25, -0.2) is 0 Å². The topological polar surface area (TPSA) is 64.0 Å². The van der Waals surface area contributed by atoms with Crippen LogP contribution in [0, 0.1) is 0 Å². The van der Waals surface area contributed by atoms with Crippen molar-refractivity contribution < 1.29 is 15.0 Å². The first-order valence-electron chi connectivity index (χ1n) is 7.34. The molecule has 116 valence electrons. The molecule has 1 saturated heterocycles. The summed E-state index contributed by atoms with van der Waals surface area (Å²) in [5.41, 5.74) is 0.915. The number of phenols is 2. The molecule has 2 N–H and O–H groups in total. The van der Waals surface area contributed by atoms with Crippen LogP contribution < -0.4 is 0 Å². The number of amides is 1. The van der Waals surface area contributed by atoms with Crippen LogP contribution in [-0.2, 0) is 4.79 Å². The molecule has 0 bridgehead atoms. The molecule has 1 amide bonds. The molecule has 2 aliphatic rings. The Kier molecular flexibility index (Phi) is 3.98. The Morgan fingerprint density at radius 3 is 2.64 bits per heavy atom. The van der Waals surface area contributed by atoms with Crippen LogP contribution in [0.5, 0.6) is 11.5 Å². The molecule has 0 radical (unpaired) electrons. The summed E-state index contributed by atoms with van der Waals surface area (Å²) in [6.45, 7) is 0. The van der Waals surface area contributed by atoms with Gasteiger partial charge in [0.25, 0.3) is 0 Å². The summed E-state index contributed by atoms with van der Waals surface area (Å²) in [5, 5.41) is 19.5. The normalized spacial score (nSPS) is 21.4. The Morgan fingerprint density at radius 1 is 1.27 bits per heavy atom. The molecule has 22 heavy (non-hydrogen) atoms. The fourth-order valence-electron chi connectivity index (χ4n) is 3.07. The molecule has 0 unspecified atom stereocenters. The Hall–Kier alpha value is -1.78. The first-order valence-corrected chi connectivity index (χ1v) is 8.20. The minimum atomic E-state index is -0.211. The van der Waals surface area contributed by atoms with Crippen LogP contribution in [0.25, 0.3) is 6.08 Å². The van der Waals surface area contributed by atoms with E-state index in [4.69, 9.17) is 0 Å². The molecule has 1 heterocycles. The van der Waals surface area contributed by atoms with Gasteiger partial charge in [-0.2, -0.15) is 0 Å². The maximum absolute atomic E-state index is 12.7. The summed E-state index contributed by atoms with van der Waals surface area (Å²) in [5.74, 6) is -0.467. The van der Waals surface area contributed by atoms with Gasteiger partial charge in [0.1, 0.15) is 0 Å².